The molecule has 0 unspecified atom stereocenters. The fourth-order valence-corrected chi connectivity index (χ4v) is 5.40. The van der Waals surface area contributed by atoms with E-state index in [0.29, 0.717) is 36.0 Å². The highest BCUT2D eigenvalue weighted by molar-refractivity contribution is 5.95. The van der Waals surface area contributed by atoms with Gasteiger partial charge in [-0.05, 0) is 122 Å². The normalized spacial score (nSPS) is 10.6. The number of esters is 4. The Bertz CT molecular complexity index is 2020. The molecule has 0 bridgehead atoms. The van der Waals surface area contributed by atoms with Crippen LogP contribution in [-0.2, 0) is 0 Å². The van der Waals surface area contributed by atoms with Gasteiger partial charge in [0.1, 0.15) is 34.5 Å². The number of carbonyl (C=O) groups excluding carboxylic acids is 4. The van der Waals surface area contributed by atoms with Gasteiger partial charge in [0, 0.05) is 6.07 Å². The zero-order valence-electron chi connectivity index (χ0n) is 31.7. The molecule has 10 heteroatoms. The first-order valence-corrected chi connectivity index (χ1v) is 19.0. The van der Waals surface area contributed by atoms with Crippen molar-refractivity contribution >= 4 is 23.9 Å². The van der Waals surface area contributed by atoms with Crippen LogP contribution in [0.15, 0.2) is 121 Å². The molecule has 0 aliphatic heterocycles. The maximum absolute atomic E-state index is 12.9. The van der Waals surface area contributed by atoms with E-state index in [9.17, 15) is 19.2 Å². The van der Waals surface area contributed by atoms with Gasteiger partial charge in [0.15, 0.2) is 0 Å². The molecule has 0 amide bonds. The van der Waals surface area contributed by atoms with Crippen LogP contribution >= 0.6 is 0 Å². The number of benzene rings is 5. The quantitative estimate of drug-likeness (QED) is 0.0430. The van der Waals surface area contributed by atoms with Crippen molar-refractivity contribution in [3.05, 3.63) is 144 Å². The number of hydrogen-bond donors (Lipinski definition) is 0. The highest BCUT2D eigenvalue weighted by Gasteiger charge is 2.16. The molecule has 0 fully saturated rings. The second-order valence-electron chi connectivity index (χ2n) is 12.9. The topological polar surface area (TPSA) is 124 Å². The van der Waals surface area contributed by atoms with E-state index in [-0.39, 0.29) is 33.9 Å². The molecule has 290 valence electrons. The molecule has 0 saturated carbocycles. The van der Waals surface area contributed by atoms with E-state index >= 15 is 0 Å². The molecule has 0 saturated heterocycles. The lowest BCUT2D eigenvalue weighted by Crippen LogP contribution is -2.12. The van der Waals surface area contributed by atoms with Gasteiger partial charge < -0.3 is 28.4 Å². The summed E-state index contributed by atoms with van der Waals surface area (Å²) in [5.41, 5.74) is 1.03. The Morgan fingerprint density at radius 1 is 0.357 bits per heavy atom. The van der Waals surface area contributed by atoms with Gasteiger partial charge in [0.25, 0.3) is 0 Å². The fraction of sp³-hybridized carbons (Fsp3) is 0.261. The molecule has 0 aliphatic carbocycles. The predicted molar refractivity (Wildman–Crippen MR) is 211 cm³/mol. The average Bonchev–Trinajstić information content (AvgIpc) is 3.22. The first-order valence-electron chi connectivity index (χ1n) is 19.0. The van der Waals surface area contributed by atoms with Crippen LogP contribution in [0.4, 0.5) is 0 Å². The first kappa shape index (κ1) is 40.8. The summed E-state index contributed by atoms with van der Waals surface area (Å²) in [5, 5.41) is 0. The molecule has 0 spiro atoms. The van der Waals surface area contributed by atoms with Crippen molar-refractivity contribution in [3.8, 4) is 34.5 Å². The van der Waals surface area contributed by atoms with Crippen molar-refractivity contribution < 1.29 is 47.6 Å². The molecule has 0 aliphatic rings. The van der Waals surface area contributed by atoms with Crippen LogP contribution in [0.3, 0.4) is 0 Å². The van der Waals surface area contributed by atoms with E-state index < -0.39 is 23.9 Å². The van der Waals surface area contributed by atoms with Gasteiger partial charge in [0.2, 0.25) is 0 Å². The van der Waals surface area contributed by atoms with Gasteiger partial charge in [-0.2, -0.15) is 0 Å². The lowest BCUT2D eigenvalue weighted by atomic mass is 10.1. The van der Waals surface area contributed by atoms with E-state index in [0.717, 1.165) is 38.5 Å². The minimum atomic E-state index is -0.675. The van der Waals surface area contributed by atoms with Gasteiger partial charge in [-0.15, -0.1) is 0 Å². The van der Waals surface area contributed by atoms with Gasteiger partial charge in [-0.25, -0.2) is 19.2 Å². The lowest BCUT2D eigenvalue weighted by molar-refractivity contribution is 0.0716. The Morgan fingerprint density at radius 3 is 1.04 bits per heavy atom. The van der Waals surface area contributed by atoms with Gasteiger partial charge in [-0.1, -0.05) is 58.4 Å². The third kappa shape index (κ3) is 12.9. The molecular weight excluding hydrogens is 712 g/mol. The van der Waals surface area contributed by atoms with Crippen molar-refractivity contribution in [2.45, 2.75) is 65.2 Å². The van der Waals surface area contributed by atoms with Gasteiger partial charge in [0.05, 0.1) is 35.5 Å². The second-order valence-corrected chi connectivity index (χ2v) is 12.9. The summed E-state index contributed by atoms with van der Waals surface area (Å²) < 4.78 is 33.4. The smallest absolute Gasteiger partial charge is 0.343 e. The summed E-state index contributed by atoms with van der Waals surface area (Å²) in [6, 6.07) is 31.5. The SMILES string of the molecule is CCCCCCOc1ccc(OC(=O)c2ccc(C(=O)Oc3cccc(OC(=O)c4ccc(OC(=O)c5ccc(OCCCCCC)cc5)cc4)c3)cc2)cc1. The molecule has 0 heterocycles. The minimum Gasteiger partial charge on any atom is -0.494 e. The van der Waals surface area contributed by atoms with Crippen molar-refractivity contribution in [3.63, 3.8) is 0 Å². The van der Waals surface area contributed by atoms with Crippen LogP contribution in [-0.4, -0.2) is 37.1 Å². The molecule has 0 aromatic heterocycles. The summed E-state index contributed by atoms with van der Waals surface area (Å²) in [5.74, 6) is -0.159. The monoisotopic (exact) mass is 758 g/mol. The van der Waals surface area contributed by atoms with E-state index in [2.05, 4.69) is 13.8 Å². The molecule has 0 N–H and O–H groups in total. The van der Waals surface area contributed by atoms with Crippen molar-refractivity contribution in [2.75, 3.05) is 13.2 Å². The molecular formula is C46H46O10. The Labute approximate surface area is 327 Å². The molecule has 56 heavy (non-hydrogen) atoms. The Balaban J connectivity index is 1.07. The Kier molecular flexibility index (Phi) is 15.6. The predicted octanol–water partition coefficient (Wildman–Crippen LogP) is 10.5. The number of ether oxygens (including phenoxy) is 6. The van der Waals surface area contributed by atoms with Gasteiger partial charge >= 0.3 is 23.9 Å². The number of carbonyl (C=O) groups is 4. The highest BCUT2D eigenvalue weighted by Crippen LogP contribution is 2.24. The second kappa shape index (κ2) is 21.5. The largest absolute Gasteiger partial charge is 0.494 e. The maximum atomic E-state index is 12.9. The lowest BCUT2D eigenvalue weighted by Gasteiger charge is -2.09. The van der Waals surface area contributed by atoms with Crippen LogP contribution in [0.1, 0.15) is 107 Å². The van der Waals surface area contributed by atoms with Gasteiger partial charge in [-0.3, -0.25) is 0 Å². The summed E-state index contributed by atoms with van der Waals surface area (Å²) in [6.45, 7) is 5.59. The van der Waals surface area contributed by atoms with E-state index in [4.69, 9.17) is 28.4 Å². The number of rotatable bonds is 20. The van der Waals surface area contributed by atoms with E-state index in [1.54, 1.807) is 66.7 Å². The molecule has 0 radical (unpaired) electrons. The minimum absolute atomic E-state index is 0.144. The third-order valence-electron chi connectivity index (χ3n) is 8.54. The zero-order chi connectivity index (χ0) is 39.5. The summed E-state index contributed by atoms with van der Waals surface area (Å²) >= 11 is 0. The van der Waals surface area contributed by atoms with Crippen molar-refractivity contribution in [1.82, 2.24) is 0 Å². The summed E-state index contributed by atoms with van der Waals surface area (Å²) in [6.07, 6.45) is 8.91. The van der Waals surface area contributed by atoms with Crippen molar-refractivity contribution in [1.29, 1.82) is 0 Å². The average molecular weight is 759 g/mol. The highest BCUT2D eigenvalue weighted by atomic mass is 16.6. The van der Waals surface area contributed by atoms with E-state index in [1.165, 1.54) is 67.4 Å². The van der Waals surface area contributed by atoms with Crippen molar-refractivity contribution in [2.24, 2.45) is 0 Å². The van der Waals surface area contributed by atoms with Crippen LogP contribution in [0, 0.1) is 0 Å². The number of unbranched alkanes of at least 4 members (excludes halogenated alkanes) is 6. The van der Waals surface area contributed by atoms with Crippen LogP contribution in [0.5, 0.6) is 34.5 Å². The van der Waals surface area contributed by atoms with E-state index in [1.807, 2.05) is 0 Å². The molecule has 10 nitrogen and oxygen atoms in total. The standard InChI is InChI=1S/C46H46O10/c1-3-5-7-9-30-51-37-22-18-35(19-23-37)44(48)53-39-24-20-36(21-25-39)46(50)56-42-13-11-12-41(32-42)55-45(49)34-16-14-33(15-17-34)43(47)54-40-28-26-38(27-29-40)52-31-10-8-6-4-2/h11-29,32H,3-10,30-31H2,1-2H3. The van der Waals surface area contributed by atoms with Crippen LogP contribution in [0.2, 0.25) is 0 Å². The fourth-order valence-electron chi connectivity index (χ4n) is 5.40. The Hall–Kier alpha value is -6.42. The molecule has 5 aromatic rings. The molecule has 0 atom stereocenters. The molecule has 5 rings (SSSR count). The molecule has 5 aromatic carbocycles. The third-order valence-corrected chi connectivity index (χ3v) is 8.54. The maximum Gasteiger partial charge on any atom is 0.343 e. The zero-order valence-corrected chi connectivity index (χ0v) is 31.7. The number of hydrogen-bond acceptors (Lipinski definition) is 10. The van der Waals surface area contributed by atoms with Crippen LogP contribution in [0.25, 0.3) is 0 Å². The Morgan fingerprint density at radius 2 is 0.661 bits per heavy atom. The van der Waals surface area contributed by atoms with Crippen LogP contribution < -0.4 is 28.4 Å². The first-order chi connectivity index (χ1) is 27.3. The summed E-state index contributed by atoms with van der Waals surface area (Å²) in [7, 11) is 0. The summed E-state index contributed by atoms with van der Waals surface area (Å²) in [4.78, 5) is 51.1.